The highest BCUT2D eigenvalue weighted by Crippen LogP contribution is 2.42. The minimum Gasteiger partial charge on any atom is -0.490 e. The van der Waals surface area contributed by atoms with Crippen molar-refractivity contribution in [2.24, 2.45) is 22.7 Å². The molecule has 0 amide bonds. The van der Waals surface area contributed by atoms with Crippen molar-refractivity contribution in [3.8, 4) is 5.75 Å². The Kier molecular flexibility index (Phi) is 7.45. The average Bonchev–Trinajstić information content (AvgIpc) is 2.63. The van der Waals surface area contributed by atoms with Crippen LogP contribution in [0.2, 0.25) is 0 Å². The average molecular weight is 399 g/mol. The Morgan fingerprint density at radius 1 is 1.07 bits per heavy atom. The van der Waals surface area contributed by atoms with E-state index in [-0.39, 0.29) is 35.1 Å². The van der Waals surface area contributed by atoms with Crippen LogP contribution in [0.15, 0.2) is 54.1 Å². The molecule has 0 spiro atoms. The van der Waals surface area contributed by atoms with Crippen molar-refractivity contribution in [3.63, 3.8) is 0 Å². The van der Waals surface area contributed by atoms with Crippen LogP contribution >= 0.6 is 0 Å². The van der Waals surface area contributed by atoms with Gasteiger partial charge in [-0.1, -0.05) is 71.9 Å². The van der Waals surface area contributed by atoms with Gasteiger partial charge in [-0.25, -0.2) is 4.79 Å². The van der Waals surface area contributed by atoms with E-state index in [1.54, 1.807) is 0 Å². The lowest BCUT2D eigenvalue weighted by Gasteiger charge is -2.38. The van der Waals surface area contributed by atoms with Gasteiger partial charge in [-0.05, 0) is 40.9 Å². The molecule has 0 saturated carbocycles. The summed E-state index contributed by atoms with van der Waals surface area (Å²) in [7, 11) is 0. The Morgan fingerprint density at radius 3 is 2.31 bits per heavy atom. The molecule has 0 N–H and O–H groups in total. The van der Waals surface area contributed by atoms with Crippen molar-refractivity contribution >= 4 is 11.8 Å². The van der Waals surface area contributed by atoms with Crippen molar-refractivity contribution in [3.05, 3.63) is 54.1 Å². The van der Waals surface area contributed by atoms with Gasteiger partial charge >= 0.3 is 5.97 Å². The third-order valence-electron chi connectivity index (χ3n) is 5.14. The van der Waals surface area contributed by atoms with Gasteiger partial charge in [-0.15, -0.1) is 0 Å². The number of carbonyl (C=O) groups is 2. The first kappa shape index (κ1) is 22.9. The lowest BCUT2D eigenvalue weighted by Crippen LogP contribution is -2.37. The third kappa shape index (κ3) is 6.88. The van der Waals surface area contributed by atoms with Crippen LogP contribution in [0.25, 0.3) is 0 Å². The molecule has 1 aromatic rings. The minimum absolute atomic E-state index is 0.0410. The molecule has 29 heavy (non-hydrogen) atoms. The van der Waals surface area contributed by atoms with Crippen LogP contribution in [0.4, 0.5) is 0 Å². The number of esters is 1. The molecule has 158 valence electrons. The van der Waals surface area contributed by atoms with Crippen LogP contribution in [0.1, 0.15) is 48.0 Å². The molecule has 1 aliphatic rings. The first-order valence-corrected chi connectivity index (χ1v) is 10.3. The Balaban J connectivity index is 1.95. The lowest BCUT2D eigenvalue weighted by molar-refractivity contribution is -0.138. The fourth-order valence-corrected chi connectivity index (χ4v) is 3.50. The molecule has 2 atom stereocenters. The number of allylic oxidation sites excluding steroid dienone is 3. The summed E-state index contributed by atoms with van der Waals surface area (Å²) in [6.45, 7) is 13.0. The molecule has 0 bridgehead atoms. The second-order valence-corrected chi connectivity index (χ2v) is 9.70. The first-order valence-electron chi connectivity index (χ1n) is 10.3. The second kappa shape index (κ2) is 9.43. The highest BCUT2D eigenvalue weighted by molar-refractivity contribution is 5.99. The summed E-state index contributed by atoms with van der Waals surface area (Å²) in [5, 5.41) is 0. The number of ketones is 1. The van der Waals surface area contributed by atoms with E-state index in [2.05, 4.69) is 41.5 Å². The van der Waals surface area contributed by atoms with E-state index in [1.165, 1.54) is 6.08 Å². The zero-order chi connectivity index (χ0) is 21.7. The number of para-hydroxylation sites is 1. The smallest absolute Gasteiger partial charge is 0.330 e. The lowest BCUT2D eigenvalue weighted by atomic mass is 9.65. The monoisotopic (exact) mass is 398 g/mol. The van der Waals surface area contributed by atoms with Gasteiger partial charge in [0.05, 0.1) is 0 Å². The largest absolute Gasteiger partial charge is 0.490 e. The highest BCUT2D eigenvalue weighted by atomic mass is 16.6. The minimum atomic E-state index is -0.392. The summed E-state index contributed by atoms with van der Waals surface area (Å²) in [5.41, 5.74) is 0.508. The van der Waals surface area contributed by atoms with E-state index in [4.69, 9.17) is 9.47 Å². The van der Waals surface area contributed by atoms with Crippen LogP contribution in [0, 0.1) is 22.7 Å². The van der Waals surface area contributed by atoms with E-state index >= 15 is 0 Å². The zero-order valence-corrected chi connectivity index (χ0v) is 18.5. The van der Waals surface area contributed by atoms with Crippen molar-refractivity contribution in [1.29, 1.82) is 0 Å². The molecule has 0 saturated heterocycles. The van der Waals surface area contributed by atoms with Gasteiger partial charge in [0.25, 0.3) is 0 Å². The number of rotatable bonds is 6. The van der Waals surface area contributed by atoms with Gasteiger partial charge in [-0.2, -0.15) is 0 Å². The molecule has 4 nitrogen and oxygen atoms in total. The van der Waals surface area contributed by atoms with Crippen LogP contribution in [0.5, 0.6) is 5.75 Å². The van der Waals surface area contributed by atoms with Crippen LogP contribution < -0.4 is 4.74 Å². The molecule has 0 heterocycles. The van der Waals surface area contributed by atoms with Gasteiger partial charge < -0.3 is 9.47 Å². The summed E-state index contributed by atoms with van der Waals surface area (Å²) in [4.78, 5) is 25.1. The zero-order valence-electron chi connectivity index (χ0n) is 18.5. The maximum Gasteiger partial charge on any atom is 0.330 e. The molecule has 1 aliphatic carbocycles. The van der Waals surface area contributed by atoms with E-state index in [9.17, 15) is 9.59 Å². The number of carbonyl (C=O) groups excluding carboxylic acids is 2. The number of ether oxygens (including phenoxy) is 2. The van der Waals surface area contributed by atoms with Crippen LogP contribution in [-0.4, -0.2) is 25.0 Å². The third-order valence-corrected chi connectivity index (χ3v) is 5.14. The fourth-order valence-electron chi connectivity index (χ4n) is 3.50. The molecule has 0 aromatic heterocycles. The van der Waals surface area contributed by atoms with E-state index < -0.39 is 5.97 Å². The SMILES string of the molecule is CC(C)(C)C1=CC(C=CC(=O)OCCOc2ccccc2)CC(C(C)(C)C)C1=O. The van der Waals surface area contributed by atoms with Gasteiger partial charge in [0.15, 0.2) is 5.78 Å². The van der Waals surface area contributed by atoms with E-state index in [1.807, 2.05) is 42.5 Å². The fraction of sp³-hybridized carbons (Fsp3) is 0.520. The Labute approximate surface area is 175 Å². The van der Waals surface area contributed by atoms with E-state index in [0.717, 1.165) is 11.3 Å². The molecule has 0 radical (unpaired) electrons. The van der Waals surface area contributed by atoms with Gasteiger partial charge in [0.1, 0.15) is 19.0 Å². The number of benzene rings is 1. The van der Waals surface area contributed by atoms with E-state index in [0.29, 0.717) is 13.0 Å². The summed E-state index contributed by atoms with van der Waals surface area (Å²) in [5.74, 6) is 0.567. The normalized spacial score (nSPS) is 20.5. The summed E-state index contributed by atoms with van der Waals surface area (Å²) >= 11 is 0. The number of hydrogen-bond acceptors (Lipinski definition) is 4. The predicted molar refractivity (Wildman–Crippen MR) is 116 cm³/mol. The maximum atomic E-state index is 13.0. The summed E-state index contributed by atoms with van der Waals surface area (Å²) in [6.07, 6.45) is 6.06. The molecule has 2 rings (SSSR count). The predicted octanol–water partition coefficient (Wildman–Crippen LogP) is 5.39. The molecule has 1 aromatic carbocycles. The Bertz CT molecular complexity index is 760. The van der Waals surface area contributed by atoms with Gasteiger partial charge in [0.2, 0.25) is 0 Å². The summed E-state index contributed by atoms with van der Waals surface area (Å²) in [6, 6.07) is 9.42. The van der Waals surface area contributed by atoms with Gasteiger partial charge in [-0.3, -0.25) is 4.79 Å². The number of hydrogen-bond donors (Lipinski definition) is 0. The molecule has 0 aliphatic heterocycles. The van der Waals surface area contributed by atoms with Crippen molar-refractivity contribution in [2.75, 3.05) is 13.2 Å². The molecule has 2 unspecified atom stereocenters. The van der Waals surface area contributed by atoms with Crippen molar-refractivity contribution in [2.45, 2.75) is 48.0 Å². The van der Waals surface area contributed by atoms with Crippen molar-refractivity contribution in [1.82, 2.24) is 0 Å². The topological polar surface area (TPSA) is 52.6 Å². The maximum absolute atomic E-state index is 13.0. The Hall–Kier alpha value is -2.36. The number of Topliss-reactive ketones (excluding diaryl/α,β-unsaturated/α-hetero) is 1. The second-order valence-electron chi connectivity index (χ2n) is 9.70. The molecule has 4 heteroatoms. The standard InChI is InChI=1S/C25H34O4/c1-24(2,3)20-16-18(17-21(23(20)27)25(4,5)6)12-13-22(26)29-15-14-28-19-10-8-7-9-11-19/h7-13,16,18,21H,14-15,17H2,1-6H3. The summed E-state index contributed by atoms with van der Waals surface area (Å²) < 4.78 is 10.7. The van der Waals surface area contributed by atoms with Crippen LogP contribution in [0.3, 0.4) is 0 Å². The van der Waals surface area contributed by atoms with Crippen LogP contribution in [-0.2, 0) is 14.3 Å². The van der Waals surface area contributed by atoms with Crippen molar-refractivity contribution < 1.29 is 19.1 Å². The highest BCUT2D eigenvalue weighted by Gasteiger charge is 2.40. The molecular weight excluding hydrogens is 364 g/mol. The van der Waals surface area contributed by atoms with Gasteiger partial charge in [0, 0.05) is 12.0 Å². The Morgan fingerprint density at radius 2 is 1.72 bits per heavy atom. The molecular formula is C25H34O4. The quantitative estimate of drug-likeness (QED) is 0.366. The molecule has 0 fully saturated rings. The first-order chi connectivity index (χ1) is 13.5.